The second kappa shape index (κ2) is 8.36. The van der Waals surface area contributed by atoms with Crippen molar-refractivity contribution < 1.29 is 9.21 Å². The molecule has 0 saturated carbocycles. The molecule has 1 aromatic carbocycles. The van der Waals surface area contributed by atoms with Crippen LogP contribution in [0.5, 0.6) is 0 Å². The first kappa shape index (κ1) is 20.1. The summed E-state index contributed by atoms with van der Waals surface area (Å²) in [6.07, 6.45) is 1.58. The second-order valence-corrected chi connectivity index (χ2v) is 7.93. The summed E-state index contributed by atoms with van der Waals surface area (Å²) < 4.78 is 5.72. The summed E-state index contributed by atoms with van der Waals surface area (Å²) in [5.74, 6) is -0.0206. The summed E-state index contributed by atoms with van der Waals surface area (Å²) in [7, 11) is 0. The molecule has 1 aliphatic rings. The number of carbonyl (C=O) groups excluding carboxylic acids is 1. The maximum atomic E-state index is 13.1. The number of hydrogen-bond donors (Lipinski definition) is 3. The van der Waals surface area contributed by atoms with E-state index in [0.717, 1.165) is 0 Å². The third kappa shape index (κ3) is 3.90. The van der Waals surface area contributed by atoms with E-state index in [0.29, 0.717) is 39.0 Å². The molecule has 0 spiro atoms. The maximum Gasteiger partial charge on any atom is 0.302 e. The Labute approximate surface area is 190 Å². The molecule has 0 fully saturated rings. The van der Waals surface area contributed by atoms with E-state index < -0.39 is 6.04 Å². The smallest absolute Gasteiger partial charge is 0.302 e. The SMILES string of the molecule is CC1=C(C(=O)Nc2nncs2)C(c2cccnc2Cl)N=C(Nc2nc3ccccc3o2)N1. The number of anilines is 2. The molecule has 4 aromatic rings. The van der Waals surface area contributed by atoms with Crippen LogP contribution in [0.1, 0.15) is 18.5 Å². The Balaban J connectivity index is 1.50. The fourth-order valence-corrected chi connectivity index (χ4v) is 3.94. The minimum absolute atomic E-state index is 0.248. The summed E-state index contributed by atoms with van der Waals surface area (Å²) in [5.41, 5.74) is 4.41. The standard InChI is InChI=1S/C20H15ClN8O2S/c1-10-14(17(30)27-20-29-23-9-32-20)15(11-5-4-8-22-16(11)21)26-18(24-10)28-19-25-12-6-2-3-7-13(12)31-19/h2-9,15H,1H3,(H,27,29,30)(H2,24,25,26,28). The minimum Gasteiger partial charge on any atom is -0.423 e. The number of allylic oxidation sites excluding steroid dienone is 1. The summed E-state index contributed by atoms with van der Waals surface area (Å²) in [6, 6.07) is 10.5. The number of aliphatic imine (C=N–C) groups is 1. The molecule has 0 aliphatic carbocycles. The summed E-state index contributed by atoms with van der Waals surface area (Å²) >= 11 is 7.57. The third-order valence-electron chi connectivity index (χ3n) is 4.67. The largest absolute Gasteiger partial charge is 0.423 e. The van der Waals surface area contributed by atoms with Crippen molar-refractivity contribution in [2.24, 2.45) is 4.99 Å². The number of nitrogens with one attached hydrogen (secondary N) is 3. The van der Waals surface area contributed by atoms with E-state index >= 15 is 0 Å². The van der Waals surface area contributed by atoms with Crippen LogP contribution in [0.15, 0.2) is 68.8 Å². The normalized spacial score (nSPS) is 15.9. The first-order valence-electron chi connectivity index (χ1n) is 9.44. The van der Waals surface area contributed by atoms with Crippen molar-refractivity contribution >= 4 is 57.1 Å². The fraction of sp³-hybridized carbons (Fsp3) is 0.100. The van der Waals surface area contributed by atoms with Gasteiger partial charge in [-0.1, -0.05) is 41.1 Å². The van der Waals surface area contributed by atoms with Crippen LogP contribution in [0.3, 0.4) is 0 Å². The molecule has 5 rings (SSSR count). The van der Waals surface area contributed by atoms with Crippen molar-refractivity contribution in [1.29, 1.82) is 0 Å². The van der Waals surface area contributed by atoms with Gasteiger partial charge >= 0.3 is 6.01 Å². The molecule has 1 atom stereocenters. The number of rotatable bonds is 4. The molecule has 0 saturated heterocycles. The summed E-state index contributed by atoms with van der Waals surface area (Å²) in [5, 5.41) is 17.1. The highest BCUT2D eigenvalue weighted by Gasteiger charge is 2.31. The fourth-order valence-electron chi connectivity index (χ4n) is 3.28. The molecule has 0 bridgehead atoms. The zero-order chi connectivity index (χ0) is 22.1. The molecule has 12 heteroatoms. The van der Waals surface area contributed by atoms with Gasteiger partial charge in [0.1, 0.15) is 22.2 Å². The molecule has 0 radical (unpaired) electrons. The van der Waals surface area contributed by atoms with Gasteiger partial charge in [0.2, 0.25) is 11.1 Å². The Morgan fingerprint density at radius 2 is 2.12 bits per heavy atom. The highest BCUT2D eigenvalue weighted by Crippen LogP contribution is 2.34. The van der Waals surface area contributed by atoms with Gasteiger partial charge in [0, 0.05) is 17.5 Å². The minimum atomic E-state index is -0.725. The van der Waals surface area contributed by atoms with E-state index in [9.17, 15) is 4.79 Å². The van der Waals surface area contributed by atoms with Gasteiger partial charge in [0.05, 0.1) is 5.57 Å². The average molecular weight is 467 g/mol. The van der Waals surface area contributed by atoms with E-state index in [1.165, 1.54) is 16.8 Å². The number of carbonyl (C=O) groups is 1. The van der Waals surface area contributed by atoms with Crippen molar-refractivity contribution in [2.45, 2.75) is 13.0 Å². The molecule has 160 valence electrons. The molecule has 32 heavy (non-hydrogen) atoms. The predicted octanol–water partition coefficient (Wildman–Crippen LogP) is 3.75. The number of para-hydroxylation sites is 2. The molecule has 1 amide bonds. The molecule has 1 aliphatic heterocycles. The van der Waals surface area contributed by atoms with Crippen LogP contribution in [-0.4, -0.2) is 32.0 Å². The van der Waals surface area contributed by atoms with Gasteiger partial charge in [-0.3, -0.25) is 15.4 Å². The van der Waals surface area contributed by atoms with Crippen molar-refractivity contribution in [3.8, 4) is 0 Å². The second-order valence-electron chi connectivity index (χ2n) is 6.74. The Bertz CT molecular complexity index is 1330. The van der Waals surface area contributed by atoms with Crippen LogP contribution >= 0.6 is 22.9 Å². The first-order chi connectivity index (χ1) is 15.6. The summed E-state index contributed by atoms with van der Waals surface area (Å²) in [6.45, 7) is 1.77. The number of nitrogens with zero attached hydrogens (tertiary/aromatic N) is 5. The van der Waals surface area contributed by atoms with E-state index in [2.05, 4.69) is 41.1 Å². The number of halogens is 1. The van der Waals surface area contributed by atoms with Crippen molar-refractivity contribution in [3.63, 3.8) is 0 Å². The number of hydrogen-bond acceptors (Lipinski definition) is 10. The van der Waals surface area contributed by atoms with Crippen LogP contribution in [-0.2, 0) is 4.79 Å². The topological polar surface area (TPSA) is 130 Å². The Kier molecular flexibility index (Phi) is 5.25. The zero-order valence-electron chi connectivity index (χ0n) is 16.5. The number of amides is 1. The van der Waals surface area contributed by atoms with Gasteiger partial charge < -0.3 is 9.73 Å². The molecule has 3 N–H and O–H groups in total. The quantitative estimate of drug-likeness (QED) is 0.387. The van der Waals surface area contributed by atoms with Crippen LogP contribution < -0.4 is 16.0 Å². The number of benzene rings is 1. The van der Waals surface area contributed by atoms with Gasteiger partial charge in [-0.05, 0) is 25.1 Å². The predicted molar refractivity (Wildman–Crippen MR) is 121 cm³/mol. The lowest BCUT2D eigenvalue weighted by Crippen LogP contribution is -2.37. The van der Waals surface area contributed by atoms with Crippen LogP contribution in [0.2, 0.25) is 5.15 Å². The van der Waals surface area contributed by atoms with E-state index in [4.69, 9.17) is 16.0 Å². The number of oxazole rings is 1. The maximum absolute atomic E-state index is 13.1. The van der Waals surface area contributed by atoms with Crippen molar-refractivity contribution in [2.75, 3.05) is 10.6 Å². The van der Waals surface area contributed by atoms with Gasteiger partial charge in [-0.2, -0.15) is 4.98 Å². The monoisotopic (exact) mass is 466 g/mol. The lowest BCUT2D eigenvalue weighted by Gasteiger charge is -2.26. The molecule has 4 heterocycles. The van der Waals surface area contributed by atoms with Crippen LogP contribution in [0, 0.1) is 0 Å². The molecule has 1 unspecified atom stereocenters. The summed E-state index contributed by atoms with van der Waals surface area (Å²) in [4.78, 5) is 26.3. The Hall–Kier alpha value is -3.83. The molecular weight excluding hydrogens is 452 g/mol. The highest BCUT2D eigenvalue weighted by atomic mass is 35.5. The lowest BCUT2D eigenvalue weighted by atomic mass is 9.97. The lowest BCUT2D eigenvalue weighted by molar-refractivity contribution is -0.113. The first-order valence-corrected chi connectivity index (χ1v) is 10.7. The van der Waals surface area contributed by atoms with E-state index in [-0.39, 0.29) is 17.1 Å². The van der Waals surface area contributed by atoms with E-state index in [1.807, 2.05) is 24.3 Å². The Morgan fingerprint density at radius 1 is 1.25 bits per heavy atom. The van der Waals surface area contributed by atoms with Crippen molar-refractivity contribution in [3.05, 3.63) is 70.1 Å². The highest BCUT2D eigenvalue weighted by molar-refractivity contribution is 7.13. The van der Waals surface area contributed by atoms with Crippen molar-refractivity contribution in [1.82, 2.24) is 25.5 Å². The Morgan fingerprint density at radius 3 is 2.91 bits per heavy atom. The van der Waals surface area contributed by atoms with Crippen LogP contribution in [0.4, 0.5) is 11.1 Å². The van der Waals surface area contributed by atoms with Gasteiger partial charge in [-0.25, -0.2) is 9.98 Å². The number of fused-ring (bicyclic) bond motifs is 1. The zero-order valence-corrected chi connectivity index (χ0v) is 18.1. The number of pyridine rings is 1. The van der Waals surface area contributed by atoms with Crippen LogP contribution in [0.25, 0.3) is 11.1 Å². The molecular formula is C20H15ClN8O2S. The van der Waals surface area contributed by atoms with Gasteiger partial charge in [0.25, 0.3) is 5.91 Å². The van der Waals surface area contributed by atoms with Gasteiger partial charge in [0.15, 0.2) is 5.58 Å². The average Bonchev–Trinajstić information content (AvgIpc) is 3.42. The number of guanidine groups is 1. The molecule has 3 aromatic heterocycles. The number of aromatic nitrogens is 4. The van der Waals surface area contributed by atoms with E-state index in [1.54, 1.807) is 25.3 Å². The van der Waals surface area contributed by atoms with Gasteiger partial charge in [-0.15, -0.1) is 10.2 Å². The molecule has 10 nitrogen and oxygen atoms in total. The third-order valence-corrected chi connectivity index (χ3v) is 5.59.